The summed E-state index contributed by atoms with van der Waals surface area (Å²) < 4.78 is 38.6. The molecule has 1 aliphatic rings. The van der Waals surface area contributed by atoms with Gasteiger partial charge in [-0.05, 0) is 49.6 Å². The van der Waals surface area contributed by atoms with Gasteiger partial charge in [0.1, 0.15) is 5.69 Å². The van der Waals surface area contributed by atoms with Crippen LogP contribution < -0.4 is 10.2 Å². The Morgan fingerprint density at radius 2 is 1.86 bits per heavy atom. The van der Waals surface area contributed by atoms with E-state index in [4.69, 9.17) is 0 Å². The maximum Gasteiger partial charge on any atom is 0.416 e. The number of halogens is 3. The van der Waals surface area contributed by atoms with E-state index in [1.54, 1.807) is 11.0 Å². The lowest BCUT2D eigenvalue weighted by atomic mass is 9.95. The number of hydrogen-bond donors (Lipinski definition) is 1. The number of nitro benzene ring substituents is 1. The van der Waals surface area contributed by atoms with E-state index >= 15 is 0 Å². The minimum Gasteiger partial charge on any atom is -0.366 e. The van der Waals surface area contributed by atoms with Crippen LogP contribution in [0.4, 0.5) is 30.2 Å². The molecule has 1 heterocycles. The number of piperidine rings is 1. The van der Waals surface area contributed by atoms with Gasteiger partial charge in [0.05, 0.1) is 10.5 Å². The van der Waals surface area contributed by atoms with Crippen LogP contribution in [0.15, 0.2) is 42.5 Å². The number of aryl methyl sites for hydroxylation is 1. The van der Waals surface area contributed by atoms with E-state index in [2.05, 4.69) is 5.32 Å². The average molecular weight is 407 g/mol. The lowest BCUT2D eigenvalue weighted by Gasteiger charge is -2.32. The third-order valence-electron chi connectivity index (χ3n) is 4.99. The highest BCUT2D eigenvalue weighted by molar-refractivity contribution is 5.92. The molecule has 0 aromatic heterocycles. The highest BCUT2D eigenvalue weighted by Gasteiger charge is 2.34. The molecule has 0 saturated carbocycles. The molecule has 0 radical (unpaired) electrons. The van der Waals surface area contributed by atoms with E-state index in [1.807, 2.05) is 25.1 Å². The molecule has 9 heteroatoms. The Balaban J connectivity index is 1.69. The van der Waals surface area contributed by atoms with Gasteiger partial charge in [-0.2, -0.15) is 13.2 Å². The molecule has 1 saturated heterocycles. The fraction of sp³-hybridized carbons (Fsp3) is 0.350. The Bertz CT molecular complexity index is 923. The number of nitrogens with one attached hydrogen (secondary N) is 1. The molecule has 1 N–H and O–H groups in total. The number of amides is 1. The van der Waals surface area contributed by atoms with E-state index in [9.17, 15) is 28.1 Å². The number of alkyl halides is 3. The Morgan fingerprint density at radius 1 is 1.17 bits per heavy atom. The second kappa shape index (κ2) is 8.10. The molecule has 0 aliphatic carbocycles. The average Bonchev–Trinajstić information content (AvgIpc) is 2.67. The summed E-state index contributed by atoms with van der Waals surface area (Å²) in [6, 6.07) is 9.96. The molecule has 2 aromatic rings. The maximum absolute atomic E-state index is 12.9. The molecular weight excluding hydrogens is 387 g/mol. The summed E-state index contributed by atoms with van der Waals surface area (Å²) >= 11 is 0. The molecular formula is C20H20F3N3O3. The first kappa shape index (κ1) is 20.6. The van der Waals surface area contributed by atoms with Crippen molar-refractivity contribution in [3.05, 3.63) is 63.7 Å². The summed E-state index contributed by atoms with van der Waals surface area (Å²) in [7, 11) is 0. The summed E-state index contributed by atoms with van der Waals surface area (Å²) in [6.45, 7) is 2.61. The van der Waals surface area contributed by atoms with Gasteiger partial charge in [-0.3, -0.25) is 14.9 Å². The predicted octanol–water partition coefficient (Wildman–Crippen LogP) is 4.78. The van der Waals surface area contributed by atoms with Gasteiger partial charge in [0.2, 0.25) is 5.91 Å². The third kappa shape index (κ3) is 4.85. The van der Waals surface area contributed by atoms with Crippen molar-refractivity contribution in [2.24, 2.45) is 5.92 Å². The second-order valence-electron chi connectivity index (χ2n) is 7.08. The highest BCUT2D eigenvalue weighted by atomic mass is 19.4. The standard InChI is InChI=1S/C20H20F3N3O3/c1-13-3-2-4-16(11-13)24-19(27)14-7-9-25(10-8-14)17-6-5-15(20(21,22)23)12-18(17)26(28)29/h2-6,11-12,14H,7-10H2,1H3,(H,24,27). The molecule has 0 bridgehead atoms. The van der Waals surface area contributed by atoms with Gasteiger partial charge in [-0.15, -0.1) is 0 Å². The SMILES string of the molecule is Cc1cccc(NC(=O)C2CCN(c3ccc(C(F)(F)F)cc3[N+](=O)[O-])CC2)c1. The number of nitro groups is 1. The Hall–Kier alpha value is -3.10. The van der Waals surface area contributed by atoms with Crippen LogP contribution in [0.2, 0.25) is 0 Å². The van der Waals surface area contributed by atoms with Crippen molar-refractivity contribution in [2.75, 3.05) is 23.3 Å². The number of benzene rings is 2. The van der Waals surface area contributed by atoms with Gasteiger partial charge in [0.15, 0.2) is 0 Å². The lowest BCUT2D eigenvalue weighted by molar-refractivity contribution is -0.384. The van der Waals surface area contributed by atoms with Crippen molar-refractivity contribution in [1.29, 1.82) is 0 Å². The first-order valence-corrected chi connectivity index (χ1v) is 9.13. The first-order valence-electron chi connectivity index (χ1n) is 9.13. The topological polar surface area (TPSA) is 75.5 Å². The second-order valence-corrected chi connectivity index (χ2v) is 7.08. The summed E-state index contributed by atoms with van der Waals surface area (Å²) in [6.07, 6.45) is -3.74. The largest absolute Gasteiger partial charge is 0.416 e. The van der Waals surface area contributed by atoms with Crippen LogP contribution in [0.3, 0.4) is 0 Å². The van der Waals surface area contributed by atoms with Crippen LogP contribution in [-0.4, -0.2) is 23.9 Å². The van der Waals surface area contributed by atoms with Crippen LogP contribution >= 0.6 is 0 Å². The molecule has 2 aromatic carbocycles. The van der Waals surface area contributed by atoms with E-state index in [-0.39, 0.29) is 17.5 Å². The van der Waals surface area contributed by atoms with Gasteiger partial charge < -0.3 is 10.2 Å². The minimum absolute atomic E-state index is 0.128. The quantitative estimate of drug-likeness (QED) is 0.585. The van der Waals surface area contributed by atoms with Crippen molar-refractivity contribution in [1.82, 2.24) is 0 Å². The van der Waals surface area contributed by atoms with E-state index in [1.165, 1.54) is 0 Å². The summed E-state index contributed by atoms with van der Waals surface area (Å²) in [5.74, 6) is -0.391. The van der Waals surface area contributed by atoms with Crippen LogP contribution in [0.1, 0.15) is 24.0 Å². The molecule has 0 atom stereocenters. The zero-order chi connectivity index (χ0) is 21.2. The minimum atomic E-state index is -4.65. The third-order valence-corrected chi connectivity index (χ3v) is 4.99. The van der Waals surface area contributed by atoms with Crippen molar-refractivity contribution < 1.29 is 22.9 Å². The van der Waals surface area contributed by atoms with Crippen molar-refractivity contribution in [2.45, 2.75) is 25.9 Å². The molecule has 1 fully saturated rings. The van der Waals surface area contributed by atoms with E-state index in [0.717, 1.165) is 17.7 Å². The number of hydrogen-bond acceptors (Lipinski definition) is 4. The first-order chi connectivity index (χ1) is 13.6. The Labute approximate surface area is 165 Å². The lowest BCUT2D eigenvalue weighted by Crippen LogP contribution is -2.38. The molecule has 1 amide bonds. The summed E-state index contributed by atoms with van der Waals surface area (Å²) in [5, 5.41) is 14.2. The number of nitrogens with zero attached hydrogens (tertiary/aromatic N) is 2. The molecule has 154 valence electrons. The number of carbonyl (C=O) groups is 1. The van der Waals surface area contributed by atoms with Gasteiger partial charge in [0, 0.05) is 30.8 Å². The molecule has 29 heavy (non-hydrogen) atoms. The predicted molar refractivity (Wildman–Crippen MR) is 103 cm³/mol. The van der Waals surface area contributed by atoms with Gasteiger partial charge in [-0.25, -0.2) is 0 Å². The smallest absolute Gasteiger partial charge is 0.366 e. The van der Waals surface area contributed by atoms with Crippen LogP contribution in [-0.2, 0) is 11.0 Å². The Morgan fingerprint density at radius 3 is 2.45 bits per heavy atom. The molecule has 1 aliphatic heterocycles. The molecule has 0 unspecified atom stereocenters. The molecule has 0 spiro atoms. The number of anilines is 2. The number of carbonyl (C=O) groups excluding carboxylic acids is 1. The normalized spacial score (nSPS) is 15.2. The van der Waals surface area contributed by atoms with Gasteiger partial charge in [0.25, 0.3) is 5.69 Å². The van der Waals surface area contributed by atoms with Crippen molar-refractivity contribution in [3.63, 3.8) is 0 Å². The Kier molecular flexibility index (Phi) is 5.76. The van der Waals surface area contributed by atoms with Crippen LogP contribution in [0.25, 0.3) is 0 Å². The van der Waals surface area contributed by atoms with Crippen molar-refractivity contribution >= 4 is 23.0 Å². The molecule has 3 rings (SSSR count). The number of rotatable bonds is 4. The fourth-order valence-electron chi connectivity index (χ4n) is 3.46. The van der Waals surface area contributed by atoms with Crippen LogP contribution in [0, 0.1) is 23.0 Å². The summed E-state index contributed by atoms with van der Waals surface area (Å²) in [4.78, 5) is 24.6. The maximum atomic E-state index is 12.9. The zero-order valence-electron chi connectivity index (χ0n) is 15.7. The van der Waals surface area contributed by atoms with Crippen molar-refractivity contribution in [3.8, 4) is 0 Å². The monoisotopic (exact) mass is 407 g/mol. The van der Waals surface area contributed by atoms with E-state index in [0.29, 0.717) is 37.7 Å². The molecule has 6 nitrogen and oxygen atoms in total. The highest BCUT2D eigenvalue weighted by Crippen LogP contribution is 2.37. The summed E-state index contributed by atoms with van der Waals surface area (Å²) in [5.41, 5.74) is 0.228. The van der Waals surface area contributed by atoms with Gasteiger partial charge in [-0.1, -0.05) is 12.1 Å². The fourth-order valence-corrected chi connectivity index (χ4v) is 3.46. The van der Waals surface area contributed by atoms with Crippen LogP contribution in [0.5, 0.6) is 0 Å². The zero-order valence-corrected chi connectivity index (χ0v) is 15.7. The van der Waals surface area contributed by atoms with Gasteiger partial charge >= 0.3 is 6.18 Å². The van der Waals surface area contributed by atoms with E-state index < -0.39 is 22.4 Å².